The number of carbonyl (C=O) groups is 2. The fourth-order valence-electron chi connectivity index (χ4n) is 2.97. The lowest BCUT2D eigenvalue weighted by molar-refractivity contribution is 0.0337. The summed E-state index contributed by atoms with van der Waals surface area (Å²) >= 11 is 0. The van der Waals surface area contributed by atoms with Gasteiger partial charge in [0.25, 0.3) is 0 Å². The Hall–Kier alpha value is -2.10. The van der Waals surface area contributed by atoms with Gasteiger partial charge in [0, 0.05) is 29.8 Å². The molecule has 1 fully saturated rings. The summed E-state index contributed by atoms with van der Waals surface area (Å²) in [7, 11) is 0. The fraction of sp³-hybridized carbons (Fsp3) is 0.412. The summed E-state index contributed by atoms with van der Waals surface area (Å²) < 4.78 is 5.43. The molecule has 1 aliphatic carbocycles. The molecule has 110 valence electrons. The molecule has 0 aromatic heterocycles. The van der Waals surface area contributed by atoms with Crippen molar-refractivity contribution < 1.29 is 14.3 Å². The van der Waals surface area contributed by atoms with Crippen molar-refractivity contribution in [1.29, 1.82) is 0 Å². The highest BCUT2D eigenvalue weighted by molar-refractivity contribution is 6.08. The summed E-state index contributed by atoms with van der Waals surface area (Å²) in [6, 6.07) is 7.63. The minimum absolute atomic E-state index is 0.0349. The zero-order valence-corrected chi connectivity index (χ0v) is 12.6. The average Bonchev–Trinajstić information content (AvgIpc) is 2.81. The van der Waals surface area contributed by atoms with Crippen LogP contribution in [0.1, 0.15) is 49.0 Å². The van der Waals surface area contributed by atoms with Gasteiger partial charge in [0.2, 0.25) is 0 Å². The molecule has 0 N–H and O–H groups in total. The van der Waals surface area contributed by atoms with Crippen molar-refractivity contribution in [2.75, 3.05) is 6.54 Å². The van der Waals surface area contributed by atoms with Gasteiger partial charge < -0.3 is 4.74 Å². The summed E-state index contributed by atoms with van der Waals surface area (Å²) in [5.74, 6) is 0.0822. The molecule has 0 spiro atoms. The van der Waals surface area contributed by atoms with Crippen molar-refractivity contribution in [2.24, 2.45) is 0 Å². The van der Waals surface area contributed by atoms with E-state index in [1.54, 1.807) is 11.0 Å². The molecule has 1 unspecified atom stereocenters. The Kier molecular flexibility index (Phi) is 3.12. The molecule has 1 atom stereocenters. The number of amides is 1. The number of hydrogen-bond acceptors (Lipinski definition) is 3. The van der Waals surface area contributed by atoms with Crippen molar-refractivity contribution in [3.05, 3.63) is 47.2 Å². The maximum absolute atomic E-state index is 12.3. The molecule has 1 aromatic rings. The molecule has 1 saturated heterocycles. The lowest BCUT2D eigenvalue weighted by atomic mass is 9.85. The number of rotatable bonds is 0. The molecule has 1 heterocycles. The van der Waals surface area contributed by atoms with Crippen LogP contribution >= 0.6 is 0 Å². The monoisotopic (exact) mass is 285 g/mol. The lowest BCUT2D eigenvalue weighted by Crippen LogP contribution is -2.35. The predicted octanol–water partition coefficient (Wildman–Crippen LogP) is 3.49. The summed E-state index contributed by atoms with van der Waals surface area (Å²) in [5.41, 5.74) is 2.00. The highest BCUT2D eigenvalue weighted by Gasteiger charge is 2.39. The van der Waals surface area contributed by atoms with E-state index in [1.807, 2.05) is 45.0 Å². The second-order valence-corrected chi connectivity index (χ2v) is 6.49. The van der Waals surface area contributed by atoms with Crippen LogP contribution in [0.5, 0.6) is 0 Å². The first-order chi connectivity index (χ1) is 9.87. The maximum atomic E-state index is 12.3. The summed E-state index contributed by atoms with van der Waals surface area (Å²) in [6.45, 7) is 6.11. The third-order valence-corrected chi connectivity index (χ3v) is 3.80. The summed E-state index contributed by atoms with van der Waals surface area (Å²) in [4.78, 5) is 26.1. The molecule has 3 rings (SSSR count). The molecule has 21 heavy (non-hydrogen) atoms. The van der Waals surface area contributed by atoms with E-state index in [-0.39, 0.29) is 17.8 Å². The first-order valence-electron chi connectivity index (χ1n) is 7.22. The highest BCUT2D eigenvalue weighted by atomic mass is 16.6. The van der Waals surface area contributed by atoms with E-state index in [2.05, 4.69) is 0 Å². The van der Waals surface area contributed by atoms with Gasteiger partial charge in [-0.1, -0.05) is 24.3 Å². The van der Waals surface area contributed by atoms with Crippen molar-refractivity contribution in [2.45, 2.75) is 38.7 Å². The van der Waals surface area contributed by atoms with Gasteiger partial charge in [-0.2, -0.15) is 0 Å². The molecule has 0 radical (unpaired) electrons. The van der Waals surface area contributed by atoms with Gasteiger partial charge in [0.15, 0.2) is 5.78 Å². The van der Waals surface area contributed by atoms with Gasteiger partial charge in [0.05, 0.1) is 0 Å². The van der Waals surface area contributed by atoms with Gasteiger partial charge in [-0.15, -0.1) is 0 Å². The molecule has 1 aliphatic heterocycles. The molecule has 0 bridgehead atoms. The second kappa shape index (κ2) is 4.72. The van der Waals surface area contributed by atoms with Crippen molar-refractivity contribution >= 4 is 11.9 Å². The van der Waals surface area contributed by atoms with Crippen LogP contribution in [0.2, 0.25) is 0 Å². The number of allylic oxidation sites excluding steroid dienone is 2. The van der Waals surface area contributed by atoms with Crippen LogP contribution in [0.25, 0.3) is 0 Å². The van der Waals surface area contributed by atoms with E-state index in [0.717, 1.165) is 23.2 Å². The first-order valence-corrected chi connectivity index (χ1v) is 7.22. The van der Waals surface area contributed by atoms with E-state index >= 15 is 0 Å². The molecular formula is C17H19NO3. The maximum Gasteiger partial charge on any atom is 0.414 e. The molecule has 0 saturated carbocycles. The minimum Gasteiger partial charge on any atom is -0.443 e. The van der Waals surface area contributed by atoms with Gasteiger partial charge in [-0.3, -0.25) is 9.69 Å². The van der Waals surface area contributed by atoms with Crippen LogP contribution in [-0.4, -0.2) is 28.9 Å². The van der Waals surface area contributed by atoms with Gasteiger partial charge in [0.1, 0.15) is 5.60 Å². The zero-order valence-electron chi connectivity index (χ0n) is 12.6. The van der Waals surface area contributed by atoms with Gasteiger partial charge in [-0.05, 0) is 32.8 Å². The Labute approximate surface area is 124 Å². The van der Waals surface area contributed by atoms with Crippen molar-refractivity contribution in [1.82, 2.24) is 4.90 Å². The number of likely N-dealkylation sites (tertiary alicyclic amines) is 1. The van der Waals surface area contributed by atoms with E-state index < -0.39 is 5.60 Å². The lowest BCUT2D eigenvalue weighted by Gasteiger charge is -2.27. The van der Waals surface area contributed by atoms with E-state index in [4.69, 9.17) is 4.74 Å². The van der Waals surface area contributed by atoms with Gasteiger partial charge >= 0.3 is 6.09 Å². The van der Waals surface area contributed by atoms with Crippen LogP contribution in [0.4, 0.5) is 4.79 Å². The average molecular weight is 285 g/mol. The number of ketones is 1. The predicted molar refractivity (Wildman–Crippen MR) is 79.2 cm³/mol. The Balaban J connectivity index is 1.91. The number of ether oxygens (including phenoxy) is 1. The molecule has 1 aromatic carbocycles. The molecule has 2 aliphatic rings. The number of nitrogens with zero attached hydrogens (tertiary/aromatic N) is 1. The number of benzene rings is 1. The fourth-order valence-corrected chi connectivity index (χ4v) is 2.97. The summed E-state index contributed by atoms with van der Waals surface area (Å²) in [5, 5.41) is 0. The van der Waals surface area contributed by atoms with E-state index in [9.17, 15) is 9.59 Å². The first kappa shape index (κ1) is 13.9. The molecule has 4 heteroatoms. The Morgan fingerprint density at radius 3 is 2.71 bits per heavy atom. The van der Waals surface area contributed by atoms with Crippen LogP contribution < -0.4 is 0 Å². The number of hydrogen-bond donors (Lipinski definition) is 0. The molecule has 1 amide bonds. The quantitative estimate of drug-likeness (QED) is 0.733. The van der Waals surface area contributed by atoms with Crippen LogP contribution in [0.3, 0.4) is 0 Å². The standard InChI is InChI=1S/C17H19NO3/c1-17(2,3)21-16(20)18-9-8-12-11-6-4-5-7-13(11)15(19)10-14(12)18/h4-7,10,12H,8-9H2,1-3H3. The van der Waals surface area contributed by atoms with E-state index in [1.165, 1.54) is 0 Å². The largest absolute Gasteiger partial charge is 0.443 e. The van der Waals surface area contributed by atoms with Crippen LogP contribution in [0.15, 0.2) is 36.0 Å². The second-order valence-electron chi connectivity index (χ2n) is 6.49. The topological polar surface area (TPSA) is 46.6 Å². The Bertz CT molecular complexity index is 640. The van der Waals surface area contributed by atoms with Crippen LogP contribution in [-0.2, 0) is 4.74 Å². The minimum atomic E-state index is -0.535. The number of carbonyl (C=O) groups excluding carboxylic acids is 2. The Morgan fingerprint density at radius 1 is 1.29 bits per heavy atom. The van der Waals surface area contributed by atoms with E-state index in [0.29, 0.717) is 6.54 Å². The number of fused-ring (bicyclic) bond motifs is 3. The molecule has 4 nitrogen and oxygen atoms in total. The zero-order chi connectivity index (χ0) is 15.2. The highest BCUT2D eigenvalue weighted by Crippen LogP contribution is 2.41. The van der Waals surface area contributed by atoms with Crippen molar-refractivity contribution in [3.63, 3.8) is 0 Å². The molecular weight excluding hydrogens is 266 g/mol. The SMILES string of the molecule is CC(C)(C)OC(=O)N1CCC2C1=CC(=O)c1ccccc12. The van der Waals surface area contributed by atoms with Crippen molar-refractivity contribution in [3.8, 4) is 0 Å². The third-order valence-electron chi connectivity index (χ3n) is 3.80. The normalized spacial score (nSPS) is 20.7. The van der Waals surface area contributed by atoms with Crippen LogP contribution in [0, 0.1) is 0 Å². The smallest absolute Gasteiger partial charge is 0.414 e. The van der Waals surface area contributed by atoms with Gasteiger partial charge in [-0.25, -0.2) is 4.79 Å². The summed E-state index contributed by atoms with van der Waals surface area (Å²) in [6.07, 6.45) is 2.04. The Morgan fingerprint density at radius 2 is 2.00 bits per heavy atom. The third kappa shape index (κ3) is 2.46.